The van der Waals surface area contributed by atoms with Crippen molar-refractivity contribution in [2.75, 3.05) is 4.90 Å². The molecule has 0 N–H and O–H groups in total. The molecule has 0 saturated carbocycles. The Labute approximate surface area is 182 Å². The number of ketones is 1. The van der Waals surface area contributed by atoms with Crippen LogP contribution in [0.5, 0.6) is 0 Å². The smallest absolute Gasteiger partial charge is 0.176 e. The predicted octanol–water partition coefficient (Wildman–Crippen LogP) is 5.36. The van der Waals surface area contributed by atoms with Gasteiger partial charge in [-0.2, -0.15) is 10.5 Å². The number of hydrogen-bond donors (Lipinski definition) is 0. The van der Waals surface area contributed by atoms with Crippen molar-refractivity contribution in [1.82, 2.24) is 0 Å². The predicted molar refractivity (Wildman–Crippen MR) is 118 cm³/mol. The van der Waals surface area contributed by atoms with E-state index in [1.54, 1.807) is 6.07 Å². The molecule has 5 heteroatoms. The second kappa shape index (κ2) is 7.01. The van der Waals surface area contributed by atoms with Crippen LogP contribution in [0.15, 0.2) is 54.6 Å². The first-order valence-corrected chi connectivity index (χ1v) is 10.3. The van der Waals surface area contributed by atoms with Crippen LogP contribution in [0.2, 0.25) is 5.02 Å². The van der Waals surface area contributed by atoms with Gasteiger partial charge in [0.15, 0.2) is 11.2 Å². The molecule has 0 spiro atoms. The van der Waals surface area contributed by atoms with Crippen molar-refractivity contribution in [2.24, 2.45) is 10.8 Å². The average molecular weight is 416 g/mol. The van der Waals surface area contributed by atoms with Gasteiger partial charge in [-0.15, -0.1) is 0 Å². The van der Waals surface area contributed by atoms with Gasteiger partial charge in [-0.3, -0.25) is 4.79 Å². The molecule has 1 fully saturated rings. The number of Topliss-reactive ketones (excluding diaryl/α,β-unsaturated/α-hetero) is 1. The number of fused-ring (bicyclic) bond motifs is 3. The van der Waals surface area contributed by atoms with E-state index in [-0.39, 0.29) is 5.78 Å². The monoisotopic (exact) mass is 415 g/mol. The number of carbonyl (C=O) groups is 1. The van der Waals surface area contributed by atoms with Gasteiger partial charge in [0.2, 0.25) is 0 Å². The quantitative estimate of drug-likeness (QED) is 0.662. The first-order valence-electron chi connectivity index (χ1n) is 9.93. The first kappa shape index (κ1) is 20.2. The SMILES string of the molecule is CC(C)(C)C(=O)C1C(c2ccccc2Cl)C(C#N)(C#N)C2C=Cc3ccccc3N12. The summed E-state index contributed by atoms with van der Waals surface area (Å²) in [6.07, 6.45) is 3.82. The molecule has 0 bridgehead atoms. The minimum absolute atomic E-state index is 0.0186. The number of nitrogens with zero attached hydrogens (tertiary/aromatic N) is 3. The van der Waals surface area contributed by atoms with E-state index in [2.05, 4.69) is 12.1 Å². The first-order chi connectivity index (χ1) is 14.3. The van der Waals surface area contributed by atoms with Crippen molar-refractivity contribution in [1.29, 1.82) is 10.5 Å². The maximum absolute atomic E-state index is 13.8. The van der Waals surface area contributed by atoms with E-state index in [0.717, 1.165) is 11.3 Å². The van der Waals surface area contributed by atoms with E-state index in [0.29, 0.717) is 10.6 Å². The summed E-state index contributed by atoms with van der Waals surface area (Å²) in [6.45, 7) is 5.62. The van der Waals surface area contributed by atoms with Gasteiger partial charge in [-0.25, -0.2) is 0 Å². The van der Waals surface area contributed by atoms with Gasteiger partial charge in [0.1, 0.15) is 0 Å². The highest BCUT2D eigenvalue weighted by Crippen LogP contribution is 2.56. The van der Waals surface area contributed by atoms with Crippen molar-refractivity contribution in [3.8, 4) is 12.1 Å². The standard InChI is InChI=1S/C25H22ClN3O/c1-24(2,3)23(30)22-21(17-9-5-6-10-18(17)26)25(14-27,15-28)20-13-12-16-8-4-7-11-19(16)29(20)22/h4-13,20-22H,1-3H3. The molecule has 0 radical (unpaired) electrons. The highest BCUT2D eigenvalue weighted by Gasteiger charge is 2.64. The molecular weight excluding hydrogens is 394 g/mol. The molecule has 4 nitrogen and oxygen atoms in total. The molecule has 150 valence electrons. The molecule has 0 amide bonds. The number of benzene rings is 2. The highest BCUT2D eigenvalue weighted by molar-refractivity contribution is 6.31. The van der Waals surface area contributed by atoms with Crippen LogP contribution in [0.1, 0.15) is 37.8 Å². The fourth-order valence-electron chi connectivity index (χ4n) is 4.75. The molecule has 0 aliphatic carbocycles. The Morgan fingerprint density at radius 3 is 2.33 bits per heavy atom. The second-order valence-corrected chi connectivity index (χ2v) is 9.33. The van der Waals surface area contributed by atoms with Gasteiger partial charge in [0.05, 0.1) is 24.2 Å². The maximum atomic E-state index is 13.8. The lowest BCUT2D eigenvalue weighted by atomic mass is 9.67. The summed E-state index contributed by atoms with van der Waals surface area (Å²) in [5, 5.41) is 21.1. The lowest BCUT2D eigenvalue weighted by Gasteiger charge is -2.37. The Hall–Kier alpha value is -3.08. The molecule has 3 atom stereocenters. The van der Waals surface area contributed by atoms with Gasteiger partial charge in [0.25, 0.3) is 0 Å². The summed E-state index contributed by atoms with van der Waals surface area (Å²) in [4.78, 5) is 15.8. The van der Waals surface area contributed by atoms with Gasteiger partial charge < -0.3 is 4.90 Å². The molecule has 3 unspecified atom stereocenters. The summed E-state index contributed by atoms with van der Waals surface area (Å²) in [7, 11) is 0. The van der Waals surface area contributed by atoms with Crippen LogP contribution in [0.3, 0.4) is 0 Å². The van der Waals surface area contributed by atoms with E-state index < -0.39 is 28.8 Å². The molecule has 1 saturated heterocycles. The van der Waals surface area contributed by atoms with Gasteiger partial charge in [-0.05, 0) is 23.3 Å². The number of anilines is 1. The number of nitriles is 2. The molecule has 2 aliphatic rings. The zero-order valence-corrected chi connectivity index (χ0v) is 17.9. The number of carbonyl (C=O) groups excluding carboxylic acids is 1. The average Bonchev–Trinajstić information content (AvgIpc) is 3.03. The molecule has 2 aliphatic heterocycles. The summed E-state index contributed by atoms with van der Waals surface area (Å²) >= 11 is 6.56. The van der Waals surface area contributed by atoms with Gasteiger partial charge in [-0.1, -0.05) is 80.9 Å². The summed E-state index contributed by atoms with van der Waals surface area (Å²) in [6, 6.07) is 18.4. The van der Waals surface area contributed by atoms with E-state index in [9.17, 15) is 15.3 Å². The van der Waals surface area contributed by atoms with Crippen molar-refractivity contribution < 1.29 is 4.79 Å². The molecule has 0 aromatic heterocycles. The van der Waals surface area contributed by atoms with E-state index in [1.165, 1.54) is 0 Å². The fourth-order valence-corrected chi connectivity index (χ4v) is 5.00. The van der Waals surface area contributed by atoms with Crippen LogP contribution in [-0.4, -0.2) is 17.9 Å². The number of halogens is 1. The molecular formula is C25H22ClN3O. The molecule has 4 rings (SSSR count). The maximum Gasteiger partial charge on any atom is 0.176 e. The number of para-hydroxylation sites is 1. The van der Waals surface area contributed by atoms with Crippen LogP contribution in [0.4, 0.5) is 5.69 Å². The number of hydrogen-bond acceptors (Lipinski definition) is 4. The van der Waals surface area contributed by atoms with E-state index >= 15 is 0 Å². The van der Waals surface area contributed by atoms with E-state index in [4.69, 9.17) is 11.6 Å². The Balaban J connectivity index is 2.06. The zero-order valence-electron chi connectivity index (χ0n) is 17.1. The zero-order chi connectivity index (χ0) is 21.7. The lowest BCUT2D eigenvalue weighted by molar-refractivity contribution is -0.127. The molecule has 2 heterocycles. The Kier molecular flexibility index (Phi) is 4.72. The summed E-state index contributed by atoms with van der Waals surface area (Å²) in [5.41, 5.74) is 0.360. The third-order valence-corrected chi connectivity index (χ3v) is 6.51. The van der Waals surface area contributed by atoms with Crippen molar-refractivity contribution in [3.05, 3.63) is 70.8 Å². The second-order valence-electron chi connectivity index (χ2n) is 8.92. The molecule has 2 aromatic carbocycles. The minimum Gasteiger partial charge on any atom is -0.351 e. The number of rotatable bonds is 2. The highest BCUT2D eigenvalue weighted by atomic mass is 35.5. The largest absolute Gasteiger partial charge is 0.351 e. The van der Waals surface area contributed by atoms with Crippen molar-refractivity contribution >= 4 is 29.1 Å². The lowest BCUT2D eigenvalue weighted by Crippen LogP contribution is -2.47. The fraction of sp³-hybridized carbons (Fsp3) is 0.320. The minimum atomic E-state index is -1.46. The normalized spacial score (nSPS) is 23.8. The van der Waals surface area contributed by atoms with Crippen LogP contribution in [0, 0.1) is 33.5 Å². The van der Waals surface area contributed by atoms with Crippen molar-refractivity contribution in [3.63, 3.8) is 0 Å². The third kappa shape index (κ3) is 2.76. The third-order valence-electron chi connectivity index (χ3n) is 6.16. The Morgan fingerprint density at radius 1 is 1.07 bits per heavy atom. The Bertz CT molecular complexity index is 1120. The topological polar surface area (TPSA) is 67.9 Å². The Morgan fingerprint density at radius 2 is 1.70 bits per heavy atom. The van der Waals surface area contributed by atoms with Crippen LogP contribution >= 0.6 is 11.6 Å². The summed E-state index contributed by atoms with van der Waals surface area (Å²) in [5.74, 6) is -0.705. The van der Waals surface area contributed by atoms with Crippen LogP contribution in [-0.2, 0) is 4.79 Å². The summed E-state index contributed by atoms with van der Waals surface area (Å²) < 4.78 is 0. The van der Waals surface area contributed by atoms with Gasteiger partial charge in [0, 0.05) is 22.0 Å². The van der Waals surface area contributed by atoms with Crippen molar-refractivity contribution in [2.45, 2.75) is 38.8 Å². The van der Waals surface area contributed by atoms with Crippen LogP contribution < -0.4 is 4.90 Å². The molecule has 30 heavy (non-hydrogen) atoms. The van der Waals surface area contributed by atoms with E-state index in [1.807, 2.05) is 80.3 Å². The van der Waals surface area contributed by atoms with Crippen LogP contribution in [0.25, 0.3) is 6.08 Å². The molecule has 2 aromatic rings. The van der Waals surface area contributed by atoms with Gasteiger partial charge >= 0.3 is 0 Å².